The van der Waals surface area contributed by atoms with Crippen molar-refractivity contribution < 1.29 is 13.2 Å². The molecule has 0 aliphatic carbocycles. The van der Waals surface area contributed by atoms with E-state index in [2.05, 4.69) is 100 Å². The first kappa shape index (κ1) is 41.3. The summed E-state index contributed by atoms with van der Waals surface area (Å²) in [7, 11) is 0. The molecule has 0 atom stereocenters. The Morgan fingerprint density at radius 3 is 1.45 bits per heavy atom. The highest BCUT2D eigenvalue weighted by atomic mass is 32.1. The second-order valence-corrected chi connectivity index (χ2v) is 19.0. The fraction of sp³-hybridized carbons (Fsp3) is 0.175. The fourth-order valence-corrected chi connectivity index (χ4v) is 10.4. The standard InChI is InChI=1S/C57H46F3N3S/c1-33(2)45-24-12-25-46(34(3)4)49(45)42-21-11-20-41(32-42)47-26-13-27-48(61-47)56(5,6)55-62-51-43-22-9-18-39(30-43)37-16-7-14-35(28-37)36-15-8-17-38(29-36)40-19-10-23-44(31-40)53-50(57(58,59)60)52(63-55)54(51)64-53/h7-34H,1-6H3. The minimum atomic E-state index is -4.72. The summed E-state index contributed by atoms with van der Waals surface area (Å²) in [6, 6.07) is 52.8. The van der Waals surface area contributed by atoms with E-state index in [0.717, 1.165) is 61.5 Å². The molecule has 0 radical (unpaired) electrons. The summed E-state index contributed by atoms with van der Waals surface area (Å²) in [6.07, 6.45) is -4.72. The summed E-state index contributed by atoms with van der Waals surface area (Å²) in [4.78, 5) is 15.6. The van der Waals surface area contributed by atoms with Crippen molar-refractivity contribution >= 4 is 21.6 Å². The summed E-state index contributed by atoms with van der Waals surface area (Å²) < 4.78 is 47.7. The summed E-state index contributed by atoms with van der Waals surface area (Å²) in [5.74, 6) is 0.924. The molecule has 0 saturated heterocycles. The molecular weight excluding hydrogens is 816 g/mol. The highest BCUT2D eigenvalue weighted by Crippen LogP contribution is 2.50. The van der Waals surface area contributed by atoms with Gasteiger partial charge in [-0.05, 0) is 129 Å². The summed E-state index contributed by atoms with van der Waals surface area (Å²) in [5.41, 5.74) is 12.8. The molecule has 3 nitrogen and oxygen atoms in total. The first-order valence-electron chi connectivity index (χ1n) is 21.8. The van der Waals surface area contributed by atoms with Gasteiger partial charge < -0.3 is 0 Å². The van der Waals surface area contributed by atoms with Crippen molar-refractivity contribution in [3.63, 3.8) is 0 Å². The summed E-state index contributed by atoms with van der Waals surface area (Å²) in [6.45, 7) is 12.8. The number of hydrogen-bond acceptors (Lipinski definition) is 4. The first-order chi connectivity index (χ1) is 30.7. The number of aromatic nitrogens is 3. The number of hydrogen-bond donors (Lipinski definition) is 0. The Bertz CT molecular complexity index is 3240. The lowest BCUT2D eigenvalue weighted by atomic mass is 9.84. The molecule has 1 aliphatic heterocycles. The molecule has 0 saturated carbocycles. The Morgan fingerprint density at radius 2 is 0.906 bits per heavy atom. The maximum atomic E-state index is 15.8. The molecule has 0 spiro atoms. The van der Waals surface area contributed by atoms with E-state index < -0.39 is 17.2 Å². The molecule has 10 bridgehead atoms. The summed E-state index contributed by atoms with van der Waals surface area (Å²) in [5, 5.41) is 0. The number of benzene rings is 6. The van der Waals surface area contributed by atoms with E-state index in [0.29, 0.717) is 39.1 Å². The summed E-state index contributed by atoms with van der Waals surface area (Å²) >= 11 is 1.10. The molecule has 10 rings (SSSR count). The third-order valence-corrected chi connectivity index (χ3v) is 13.8. The molecule has 6 aromatic carbocycles. The van der Waals surface area contributed by atoms with E-state index in [1.807, 2.05) is 92.7 Å². The number of rotatable bonds is 6. The normalized spacial score (nSPS) is 12.4. The van der Waals surface area contributed by atoms with E-state index in [1.165, 1.54) is 16.7 Å². The van der Waals surface area contributed by atoms with Gasteiger partial charge in [0.15, 0.2) is 0 Å². The number of alkyl halides is 3. The molecule has 9 aromatic rings. The van der Waals surface area contributed by atoms with Crippen LogP contribution in [0.25, 0.3) is 87.7 Å². The topological polar surface area (TPSA) is 38.7 Å². The largest absolute Gasteiger partial charge is 0.419 e. The van der Waals surface area contributed by atoms with Crippen LogP contribution in [0, 0.1) is 0 Å². The molecule has 4 heterocycles. The van der Waals surface area contributed by atoms with Crippen LogP contribution in [0.1, 0.15) is 81.6 Å². The number of nitrogens with zero attached hydrogens (tertiary/aromatic N) is 3. The molecule has 0 unspecified atom stereocenters. The second-order valence-electron chi connectivity index (χ2n) is 17.9. The molecule has 0 fully saturated rings. The lowest BCUT2D eigenvalue weighted by molar-refractivity contribution is -0.135. The van der Waals surface area contributed by atoms with E-state index >= 15 is 13.2 Å². The van der Waals surface area contributed by atoms with Crippen molar-refractivity contribution in [2.24, 2.45) is 0 Å². The van der Waals surface area contributed by atoms with Crippen LogP contribution < -0.4 is 0 Å². The molecule has 0 amide bonds. The molecule has 0 N–H and O–H groups in total. The molecular formula is C57H46F3N3S. The van der Waals surface area contributed by atoms with Crippen molar-refractivity contribution in [3.8, 4) is 77.5 Å². The van der Waals surface area contributed by atoms with Gasteiger partial charge in [-0.15, -0.1) is 11.3 Å². The van der Waals surface area contributed by atoms with Crippen LogP contribution in [0.3, 0.4) is 0 Å². The first-order valence-corrected chi connectivity index (χ1v) is 22.6. The lowest BCUT2D eigenvalue weighted by Gasteiger charge is -2.24. The van der Waals surface area contributed by atoms with Crippen molar-refractivity contribution in [1.29, 1.82) is 0 Å². The predicted octanol–water partition coefficient (Wildman–Crippen LogP) is 16.7. The quantitative estimate of drug-likeness (QED) is 0.167. The molecule has 3 aromatic heterocycles. The van der Waals surface area contributed by atoms with Gasteiger partial charge in [0.25, 0.3) is 0 Å². The lowest BCUT2D eigenvalue weighted by Crippen LogP contribution is -2.24. The third-order valence-electron chi connectivity index (χ3n) is 12.6. The third kappa shape index (κ3) is 7.31. The van der Waals surface area contributed by atoms with E-state index in [9.17, 15) is 0 Å². The van der Waals surface area contributed by atoms with Crippen LogP contribution in [0.4, 0.5) is 13.2 Å². The van der Waals surface area contributed by atoms with Crippen LogP contribution in [0.15, 0.2) is 158 Å². The zero-order valence-electron chi connectivity index (χ0n) is 36.5. The van der Waals surface area contributed by atoms with Gasteiger partial charge in [-0.1, -0.05) is 143 Å². The molecule has 64 heavy (non-hydrogen) atoms. The van der Waals surface area contributed by atoms with Gasteiger partial charge in [0.1, 0.15) is 11.4 Å². The van der Waals surface area contributed by atoms with Gasteiger partial charge in [0.05, 0.1) is 32.7 Å². The minimum Gasteiger partial charge on any atom is -0.252 e. The monoisotopic (exact) mass is 861 g/mol. The maximum absolute atomic E-state index is 15.8. The van der Waals surface area contributed by atoms with Crippen LogP contribution in [0.5, 0.6) is 0 Å². The number of fused-ring (bicyclic) bond motifs is 14. The Kier molecular flexibility index (Phi) is 10.2. The average molecular weight is 862 g/mol. The zero-order chi connectivity index (χ0) is 44.5. The van der Waals surface area contributed by atoms with Gasteiger partial charge in [0, 0.05) is 16.0 Å². The van der Waals surface area contributed by atoms with Gasteiger partial charge in [-0.2, -0.15) is 13.2 Å². The second kappa shape index (κ2) is 15.8. The van der Waals surface area contributed by atoms with Gasteiger partial charge in [-0.3, -0.25) is 4.98 Å². The Morgan fingerprint density at radius 1 is 0.469 bits per heavy atom. The Labute approximate surface area is 376 Å². The predicted molar refractivity (Wildman–Crippen MR) is 259 cm³/mol. The zero-order valence-corrected chi connectivity index (χ0v) is 37.4. The average Bonchev–Trinajstić information content (AvgIpc) is 3.72. The van der Waals surface area contributed by atoms with Gasteiger partial charge in [0.2, 0.25) is 0 Å². The molecule has 7 heteroatoms. The fourth-order valence-electron chi connectivity index (χ4n) is 9.14. The van der Waals surface area contributed by atoms with Crippen molar-refractivity contribution in [3.05, 3.63) is 186 Å². The van der Waals surface area contributed by atoms with Crippen LogP contribution in [-0.2, 0) is 11.6 Å². The SMILES string of the molecule is CC(C)c1cccc(C(C)C)c1-c1cccc(-c2cccc(C(C)(C)c3nc4c5sc(c(C(F)(F)F)c5n3)-c3cccc(c3)-c3cccc(c3)-c3cccc(c3)-c3cccc-4c3)n2)c1. The van der Waals surface area contributed by atoms with Crippen molar-refractivity contribution in [1.82, 2.24) is 15.0 Å². The Hall–Kier alpha value is -6.70. The van der Waals surface area contributed by atoms with E-state index in [1.54, 1.807) is 6.07 Å². The van der Waals surface area contributed by atoms with Gasteiger partial charge in [-0.25, -0.2) is 9.97 Å². The highest BCUT2D eigenvalue weighted by molar-refractivity contribution is 7.23. The van der Waals surface area contributed by atoms with E-state index in [-0.39, 0.29) is 16.2 Å². The highest BCUT2D eigenvalue weighted by Gasteiger charge is 2.41. The van der Waals surface area contributed by atoms with Crippen LogP contribution >= 0.6 is 11.3 Å². The van der Waals surface area contributed by atoms with E-state index in [4.69, 9.17) is 15.0 Å². The van der Waals surface area contributed by atoms with Crippen molar-refractivity contribution in [2.75, 3.05) is 0 Å². The minimum absolute atomic E-state index is 0.110. The van der Waals surface area contributed by atoms with Crippen molar-refractivity contribution in [2.45, 2.75) is 65.0 Å². The van der Waals surface area contributed by atoms with Crippen LogP contribution in [0.2, 0.25) is 0 Å². The molecule has 316 valence electrons. The number of halogens is 3. The number of thiophene rings is 1. The number of pyridine rings is 1. The molecule has 1 aliphatic rings. The smallest absolute Gasteiger partial charge is 0.252 e. The Balaban J connectivity index is 1.18. The van der Waals surface area contributed by atoms with Crippen LogP contribution in [-0.4, -0.2) is 15.0 Å². The van der Waals surface area contributed by atoms with Gasteiger partial charge >= 0.3 is 6.18 Å². The maximum Gasteiger partial charge on any atom is 0.419 e.